The molecule has 7 heteroatoms. The molecule has 0 aliphatic carbocycles. The zero-order chi connectivity index (χ0) is 25.8. The Kier molecular flexibility index (Phi) is 7.23. The maximum atomic E-state index is 14.2. The van der Waals surface area contributed by atoms with Crippen molar-refractivity contribution >= 4 is 0 Å². The van der Waals surface area contributed by atoms with E-state index in [0.717, 1.165) is 40.5 Å². The molecule has 0 N–H and O–H groups in total. The molecule has 0 radical (unpaired) electrons. The van der Waals surface area contributed by atoms with Crippen molar-refractivity contribution in [2.75, 3.05) is 20.3 Å². The Bertz CT molecular complexity index is 1480. The number of fused-ring (bicyclic) bond motifs is 1. The van der Waals surface area contributed by atoms with Crippen molar-refractivity contribution in [3.63, 3.8) is 0 Å². The van der Waals surface area contributed by atoms with Crippen LogP contribution in [0.3, 0.4) is 0 Å². The standard InChI is InChI=1S/C30H27F2N3O2/c1-20-17-23(37-16-4-15-36-2)11-12-24(20)22-9-7-21(8-10-22)18-35-14-13-27-28(19-35)34-30(33-27)25-5-3-6-26(31)29(25)32/h3,5-14,17,19H,4,15-16,18H2,1-2H3. The van der Waals surface area contributed by atoms with Crippen molar-refractivity contribution in [3.05, 3.63) is 102 Å². The smallest absolute Gasteiger partial charge is 0.169 e. The predicted octanol–water partition coefficient (Wildman–Crippen LogP) is 6.77. The first kappa shape index (κ1) is 24.6. The first-order chi connectivity index (χ1) is 18.0. The van der Waals surface area contributed by atoms with Gasteiger partial charge in [-0.1, -0.05) is 36.4 Å². The molecule has 0 amide bonds. The molecule has 0 unspecified atom stereocenters. The van der Waals surface area contributed by atoms with Gasteiger partial charge in [-0.25, -0.2) is 18.7 Å². The van der Waals surface area contributed by atoms with Crippen LogP contribution in [0.1, 0.15) is 17.5 Å². The summed E-state index contributed by atoms with van der Waals surface area (Å²) in [5.41, 5.74) is 5.88. The normalized spacial score (nSPS) is 11.2. The maximum Gasteiger partial charge on any atom is 0.169 e. The minimum Gasteiger partial charge on any atom is -0.493 e. The first-order valence-electron chi connectivity index (χ1n) is 12.1. The highest BCUT2D eigenvalue weighted by atomic mass is 19.2. The molecule has 3 aromatic carbocycles. The molecule has 0 spiro atoms. The van der Waals surface area contributed by atoms with Crippen LogP contribution >= 0.6 is 0 Å². The molecule has 2 aliphatic rings. The Morgan fingerprint density at radius 3 is 2.46 bits per heavy atom. The number of hydrogen-bond acceptors (Lipinski definition) is 4. The van der Waals surface area contributed by atoms with E-state index in [1.54, 1.807) is 7.11 Å². The minimum absolute atomic E-state index is 0.0549. The Morgan fingerprint density at radius 2 is 1.68 bits per heavy atom. The van der Waals surface area contributed by atoms with Crippen LogP contribution in [0.25, 0.3) is 33.9 Å². The zero-order valence-electron chi connectivity index (χ0n) is 20.7. The fourth-order valence-electron chi connectivity index (χ4n) is 4.29. The van der Waals surface area contributed by atoms with Crippen LogP contribution in [0, 0.1) is 18.6 Å². The van der Waals surface area contributed by atoms with Gasteiger partial charge in [-0.05, 0) is 59.5 Å². The van der Waals surface area contributed by atoms with Crippen LogP contribution in [0.15, 0.2) is 79.1 Å². The summed E-state index contributed by atoms with van der Waals surface area (Å²) in [5.74, 6) is -0.817. The average molecular weight is 500 g/mol. The van der Waals surface area contributed by atoms with E-state index in [1.165, 1.54) is 12.1 Å². The van der Waals surface area contributed by atoms with Gasteiger partial charge in [0.05, 0.1) is 17.9 Å². The highest BCUT2D eigenvalue weighted by Gasteiger charge is 2.17. The molecule has 2 heterocycles. The summed E-state index contributed by atoms with van der Waals surface area (Å²) >= 11 is 0. The van der Waals surface area contributed by atoms with Crippen molar-refractivity contribution < 1.29 is 18.3 Å². The van der Waals surface area contributed by atoms with Crippen molar-refractivity contribution in [2.45, 2.75) is 19.9 Å². The predicted molar refractivity (Wildman–Crippen MR) is 140 cm³/mol. The van der Waals surface area contributed by atoms with Crippen LogP contribution in [-0.2, 0) is 11.3 Å². The summed E-state index contributed by atoms with van der Waals surface area (Å²) < 4.78 is 40.7. The van der Waals surface area contributed by atoms with Crippen LogP contribution in [-0.4, -0.2) is 34.9 Å². The fraction of sp³-hybridized carbons (Fsp3) is 0.200. The van der Waals surface area contributed by atoms with Gasteiger partial charge in [0.25, 0.3) is 0 Å². The Balaban J connectivity index is 1.29. The van der Waals surface area contributed by atoms with Gasteiger partial charge in [0, 0.05) is 39.1 Å². The van der Waals surface area contributed by atoms with Crippen LogP contribution < -0.4 is 4.74 Å². The topological polar surface area (TPSA) is 49.2 Å². The highest BCUT2D eigenvalue weighted by Crippen LogP contribution is 2.29. The van der Waals surface area contributed by atoms with E-state index < -0.39 is 11.6 Å². The molecular weight excluding hydrogens is 472 g/mol. The van der Waals surface area contributed by atoms with E-state index in [2.05, 4.69) is 53.3 Å². The summed E-state index contributed by atoms with van der Waals surface area (Å²) in [6.45, 7) is 4.04. The van der Waals surface area contributed by atoms with E-state index in [0.29, 0.717) is 31.1 Å². The van der Waals surface area contributed by atoms with E-state index >= 15 is 0 Å². The number of ether oxygens (including phenoxy) is 2. The highest BCUT2D eigenvalue weighted by molar-refractivity contribution is 5.68. The average Bonchev–Trinajstić information content (AvgIpc) is 3.32. The molecule has 0 atom stereocenters. The first-order valence-corrected chi connectivity index (χ1v) is 12.1. The van der Waals surface area contributed by atoms with Gasteiger partial charge in [0.15, 0.2) is 17.5 Å². The third kappa shape index (κ3) is 5.52. The molecule has 37 heavy (non-hydrogen) atoms. The number of pyridine rings is 1. The van der Waals surface area contributed by atoms with Crippen molar-refractivity contribution in [3.8, 4) is 39.7 Å². The lowest BCUT2D eigenvalue weighted by Crippen LogP contribution is -2.01. The molecule has 0 fully saturated rings. The summed E-state index contributed by atoms with van der Waals surface area (Å²) in [4.78, 5) is 8.80. The molecule has 5 nitrogen and oxygen atoms in total. The van der Waals surface area contributed by atoms with Gasteiger partial charge in [-0.15, -0.1) is 0 Å². The summed E-state index contributed by atoms with van der Waals surface area (Å²) in [6, 6.07) is 20.4. The fourth-order valence-corrected chi connectivity index (χ4v) is 4.29. The SMILES string of the molecule is COCCCOc1ccc(-c2ccc(Cn3ccc4nc(-c5cccc(F)c5F)nc-4c3)cc2)c(C)c1. The Labute approximate surface area is 214 Å². The van der Waals surface area contributed by atoms with Gasteiger partial charge in [0.1, 0.15) is 11.4 Å². The van der Waals surface area contributed by atoms with Gasteiger partial charge in [0.2, 0.25) is 0 Å². The second-order valence-electron chi connectivity index (χ2n) is 8.90. The molecule has 5 rings (SSSR count). The number of aryl methyl sites for hydroxylation is 1. The second-order valence-corrected chi connectivity index (χ2v) is 8.90. The number of rotatable bonds is 9. The van der Waals surface area contributed by atoms with Crippen LogP contribution in [0.4, 0.5) is 8.78 Å². The minimum atomic E-state index is -0.940. The number of halogens is 2. The monoisotopic (exact) mass is 499 g/mol. The summed E-state index contributed by atoms with van der Waals surface area (Å²) in [5, 5.41) is 0. The van der Waals surface area contributed by atoms with E-state index in [9.17, 15) is 8.78 Å². The van der Waals surface area contributed by atoms with E-state index in [1.807, 2.05) is 29.1 Å². The maximum absolute atomic E-state index is 14.2. The molecule has 0 aromatic heterocycles. The van der Waals surface area contributed by atoms with Crippen LogP contribution in [0.5, 0.6) is 5.75 Å². The lowest BCUT2D eigenvalue weighted by atomic mass is 9.99. The van der Waals surface area contributed by atoms with Crippen LogP contribution in [0.2, 0.25) is 0 Å². The van der Waals surface area contributed by atoms with E-state index in [4.69, 9.17) is 9.47 Å². The largest absolute Gasteiger partial charge is 0.493 e. The second kappa shape index (κ2) is 10.9. The number of aromatic nitrogens is 3. The number of methoxy groups -OCH3 is 1. The van der Waals surface area contributed by atoms with Gasteiger partial charge >= 0.3 is 0 Å². The lowest BCUT2D eigenvalue weighted by molar-refractivity contribution is 0.172. The third-order valence-corrected chi connectivity index (χ3v) is 6.21. The number of hydrogen-bond donors (Lipinski definition) is 0. The zero-order valence-corrected chi connectivity index (χ0v) is 20.7. The molecule has 188 valence electrons. The van der Waals surface area contributed by atoms with Gasteiger partial charge in [-0.3, -0.25) is 0 Å². The molecule has 0 saturated heterocycles. The summed E-state index contributed by atoms with van der Waals surface area (Å²) in [7, 11) is 1.69. The Morgan fingerprint density at radius 1 is 0.865 bits per heavy atom. The molecule has 2 aliphatic heterocycles. The van der Waals surface area contributed by atoms with Crippen molar-refractivity contribution in [1.82, 2.24) is 14.5 Å². The van der Waals surface area contributed by atoms with Gasteiger partial charge < -0.3 is 14.0 Å². The third-order valence-electron chi connectivity index (χ3n) is 6.21. The lowest BCUT2D eigenvalue weighted by Gasteiger charge is -2.12. The quantitative estimate of drug-likeness (QED) is 0.210. The van der Waals surface area contributed by atoms with Gasteiger partial charge in [-0.2, -0.15) is 0 Å². The number of benzene rings is 3. The molecule has 0 saturated carbocycles. The summed E-state index contributed by atoms with van der Waals surface area (Å²) in [6.07, 6.45) is 4.63. The van der Waals surface area contributed by atoms with E-state index in [-0.39, 0.29) is 11.4 Å². The molecule has 3 aromatic rings. The molecule has 0 bridgehead atoms. The number of imidazole rings is 1. The van der Waals surface area contributed by atoms with Crippen molar-refractivity contribution in [2.24, 2.45) is 0 Å². The number of nitrogens with zero attached hydrogens (tertiary/aromatic N) is 3. The Hall–Kier alpha value is -4.10. The molecular formula is C30H27F2N3O2. The van der Waals surface area contributed by atoms with Crippen molar-refractivity contribution in [1.29, 1.82) is 0 Å².